The van der Waals surface area contributed by atoms with Crippen LogP contribution < -0.4 is 16.1 Å². The Morgan fingerprint density at radius 3 is 2.04 bits per heavy atom. The number of rotatable bonds is 21. The summed E-state index contributed by atoms with van der Waals surface area (Å²) in [6.45, 7) is 19.4. The number of nitrogens with zero attached hydrogens (tertiary/aromatic N) is 2. The van der Waals surface area contributed by atoms with Gasteiger partial charge >= 0.3 is 18.0 Å². The van der Waals surface area contributed by atoms with Crippen LogP contribution in [-0.2, 0) is 74.8 Å². The molecule has 6 unspecified atom stereocenters. The van der Waals surface area contributed by atoms with Crippen LogP contribution in [0, 0.1) is 16.7 Å². The number of hydrazine groups is 1. The zero-order chi connectivity index (χ0) is 54.2. The minimum Gasteiger partial charge on any atom is -0.459 e. The van der Waals surface area contributed by atoms with Crippen LogP contribution in [0.3, 0.4) is 0 Å². The van der Waals surface area contributed by atoms with E-state index >= 15 is 0 Å². The summed E-state index contributed by atoms with van der Waals surface area (Å²) in [5.41, 5.74) is 4.63. The van der Waals surface area contributed by atoms with Crippen molar-refractivity contribution in [3.8, 4) is 11.3 Å². The quantitative estimate of drug-likeness (QED) is 0.0600. The molecule has 19 heteroatoms. The second-order valence-electron chi connectivity index (χ2n) is 22.3. The normalized spacial score (nSPS) is 22.6. The lowest BCUT2D eigenvalue weighted by atomic mass is 9.77. The first-order valence-corrected chi connectivity index (χ1v) is 25.2. The molecule has 3 N–H and O–H groups in total. The van der Waals surface area contributed by atoms with Crippen molar-refractivity contribution < 1.29 is 66.7 Å². The number of esters is 2. The molecule has 0 saturated carbocycles. The van der Waals surface area contributed by atoms with Gasteiger partial charge in [-0.2, -0.15) is 0 Å². The molecule has 6 rings (SSSR count). The van der Waals surface area contributed by atoms with Gasteiger partial charge in [0.05, 0.1) is 44.8 Å². The van der Waals surface area contributed by atoms with Gasteiger partial charge in [-0.25, -0.2) is 9.80 Å². The van der Waals surface area contributed by atoms with E-state index in [0.29, 0.717) is 0 Å². The Morgan fingerprint density at radius 2 is 1.45 bits per heavy atom. The number of methoxy groups -OCH3 is 1. The first-order chi connectivity index (χ1) is 34.7. The van der Waals surface area contributed by atoms with Gasteiger partial charge in [0.25, 0.3) is 5.91 Å². The summed E-state index contributed by atoms with van der Waals surface area (Å²) in [6.07, 6.45) is -5.15. The molecular formula is C55H75N5O14. The number of alkyl carbamates (subject to hydrolysis) is 1. The number of ether oxygens (including phenoxy) is 8. The van der Waals surface area contributed by atoms with Gasteiger partial charge in [-0.3, -0.25) is 29.6 Å². The molecule has 3 aliphatic heterocycles. The number of benzene rings is 2. The summed E-state index contributed by atoms with van der Waals surface area (Å²) in [6, 6.07) is 20.3. The van der Waals surface area contributed by atoms with E-state index in [9.17, 15) is 28.8 Å². The highest BCUT2D eigenvalue weighted by Crippen LogP contribution is 2.42. The number of carbonyl (C=O) groups is 6. The third-order valence-electron chi connectivity index (χ3n) is 13.0. The minimum atomic E-state index is -1.22. The van der Waals surface area contributed by atoms with Crippen molar-refractivity contribution in [1.82, 2.24) is 26.1 Å². The molecular weight excluding hydrogens is 955 g/mol. The maximum absolute atomic E-state index is 14.6. The molecule has 404 valence electrons. The van der Waals surface area contributed by atoms with Crippen molar-refractivity contribution in [2.45, 2.75) is 169 Å². The second kappa shape index (κ2) is 24.2. The maximum atomic E-state index is 14.6. The van der Waals surface area contributed by atoms with E-state index in [2.05, 4.69) is 21.0 Å². The number of carbonyl (C=O) groups excluding carboxylic acids is 6. The predicted octanol–water partition coefficient (Wildman–Crippen LogP) is 6.35. The van der Waals surface area contributed by atoms with Crippen LogP contribution in [0.25, 0.3) is 11.3 Å². The van der Waals surface area contributed by atoms with Gasteiger partial charge in [0.2, 0.25) is 5.91 Å². The highest BCUT2D eigenvalue weighted by Gasteiger charge is 2.60. The highest BCUT2D eigenvalue weighted by molar-refractivity contribution is 5.87. The van der Waals surface area contributed by atoms with Crippen molar-refractivity contribution in [2.24, 2.45) is 16.7 Å². The monoisotopic (exact) mass is 1030 g/mol. The summed E-state index contributed by atoms with van der Waals surface area (Å²) in [4.78, 5) is 86.9. The number of pyridine rings is 1. The van der Waals surface area contributed by atoms with Gasteiger partial charge < -0.3 is 53.3 Å². The molecule has 3 aliphatic rings. The fourth-order valence-electron chi connectivity index (χ4n) is 9.18. The summed E-state index contributed by atoms with van der Waals surface area (Å²) in [5, 5.41) is 7.35. The van der Waals surface area contributed by atoms with Crippen molar-refractivity contribution in [2.75, 3.05) is 20.3 Å². The third-order valence-corrected chi connectivity index (χ3v) is 13.0. The Bertz CT molecular complexity index is 2410. The van der Waals surface area contributed by atoms with Gasteiger partial charge in [-0.1, -0.05) is 102 Å². The standard InChI is InChI=1S/C55H75N5O14/c1-33(61)28-37(52(2,3)4)48(64)57-39(29-34-18-14-13-15-19-34)40(69-42(62)25-26-43(63)70-45-44(41-32-68-54(8,9)72-41)71-50-46(45)73-55(10,11)74-50)31-60(59-49(65)47(53(5,6)7)58-51(66)67-12)30-35-21-23-36(24-22-35)38-20-16-17-27-56-38/h13-24,27,37,39-41,44-47,50H,25-26,28-32H2,1-12H3,(H,57,64)(H,58,66)(H,59,65)/t37-,39?,40-,41?,44?,45?,46?,47-,50?/m0/s1. The molecule has 3 saturated heterocycles. The van der Waals surface area contributed by atoms with Crippen molar-refractivity contribution in [1.29, 1.82) is 0 Å². The summed E-state index contributed by atoms with van der Waals surface area (Å²) in [5.74, 6) is -5.49. The zero-order valence-corrected chi connectivity index (χ0v) is 44.8. The van der Waals surface area contributed by atoms with E-state index in [1.54, 1.807) is 59.7 Å². The largest absolute Gasteiger partial charge is 0.459 e. The number of hydrogen-bond acceptors (Lipinski definition) is 16. The lowest BCUT2D eigenvalue weighted by Gasteiger charge is -2.37. The summed E-state index contributed by atoms with van der Waals surface area (Å²) >= 11 is 0. The maximum Gasteiger partial charge on any atom is 0.407 e. The fraction of sp³-hybridized carbons (Fsp3) is 0.582. The molecule has 0 radical (unpaired) electrons. The van der Waals surface area contributed by atoms with E-state index in [0.717, 1.165) is 22.4 Å². The molecule has 0 spiro atoms. The summed E-state index contributed by atoms with van der Waals surface area (Å²) in [7, 11) is 1.20. The second-order valence-corrected chi connectivity index (χ2v) is 22.3. The molecule has 2 aromatic carbocycles. The molecule has 3 amide bonds. The Balaban J connectivity index is 1.33. The predicted molar refractivity (Wildman–Crippen MR) is 270 cm³/mol. The Labute approximate surface area is 434 Å². The first-order valence-electron chi connectivity index (χ1n) is 25.2. The van der Waals surface area contributed by atoms with E-state index in [-0.39, 0.29) is 38.3 Å². The number of aromatic nitrogens is 1. The number of fused-ring (bicyclic) bond motifs is 1. The number of hydrogen-bond donors (Lipinski definition) is 3. The molecule has 1 aromatic heterocycles. The molecule has 74 heavy (non-hydrogen) atoms. The van der Waals surface area contributed by atoms with Crippen molar-refractivity contribution in [3.63, 3.8) is 0 Å². The van der Waals surface area contributed by atoms with Crippen LogP contribution >= 0.6 is 0 Å². The smallest absolute Gasteiger partial charge is 0.407 e. The lowest BCUT2D eigenvalue weighted by Crippen LogP contribution is -2.60. The number of ketones is 1. The van der Waals surface area contributed by atoms with Crippen LogP contribution in [0.1, 0.15) is 107 Å². The number of nitrogens with one attached hydrogen (secondary N) is 3. The topological polar surface area (TPSA) is 228 Å². The van der Waals surface area contributed by atoms with Gasteiger partial charge in [0.1, 0.15) is 30.1 Å². The van der Waals surface area contributed by atoms with Gasteiger partial charge in [0.15, 0.2) is 30.1 Å². The molecule has 19 nitrogen and oxygen atoms in total. The average Bonchev–Trinajstić information content (AvgIpc) is 3.96. The molecule has 0 aliphatic carbocycles. The Hall–Kier alpha value is -5.83. The van der Waals surface area contributed by atoms with Crippen LogP contribution in [0.5, 0.6) is 0 Å². The SMILES string of the molecule is COC(=O)N[C@@H](C(=O)NN(Cc1ccc(-c2ccccn2)cc1)C[C@H](OC(=O)CCC(=O)OC1C(C2COC(C)(C)O2)OC2OC(C)(C)OC21)C(Cc1ccccc1)NC(=O)[C@H](CC(C)=O)C(C)(C)C)C(C)(C)C. The van der Waals surface area contributed by atoms with Crippen LogP contribution in [-0.4, -0.2) is 126 Å². The van der Waals surface area contributed by atoms with Crippen LogP contribution in [0.4, 0.5) is 4.79 Å². The average molecular weight is 1030 g/mol. The molecule has 3 fully saturated rings. The van der Waals surface area contributed by atoms with Crippen LogP contribution in [0.15, 0.2) is 79.0 Å². The van der Waals surface area contributed by atoms with Crippen LogP contribution in [0.2, 0.25) is 0 Å². The summed E-state index contributed by atoms with van der Waals surface area (Å²) < 4.78 is 47.5. The van der Waals surface area contributed by atoms with E-state index in [4.69, 9.17) is 37.9 Å². The Kier molecular flexibility index (Phi) is 18.8. The Morgan fingerprint density at radius 1 is 0.770 bits per heavy atom. The molecule has 3 aromatic rings. The highest BCUT2D eigenvalue weighted by atomic mass is 16.9. The van der Waals surface area contributed by atoms with Crippen molar-refractivity contribution >= 4 is 35.6 Å². The molecule has 4 heterocycles. The number of Topliss-reactive ketones (excluding diaryl/α,β-unsaturated/α-hetero) is 1. The zero-order valence-electron chi connectivity index (χ0n) is 44.8. The number of amides is 3. The van der Waals surface area contributed by atoms with Crippen molar-refractivity contribution in [3.05, 3.63) is 90.1 Å². The van der Waals surface area contributed by atoms with Gasteiger partial charge in [-0.05, 0) is 75.1 Å². The molecule has 9 atom stereocenters. The molecule has 0 bridgehead atoms. The van der Waals surface area contributed by atoms with E-state index < -0.39 is 120 Å². The van der Waals surface area contributed by atoms with Gasteiger partial charge in [0, 0.05) is 30.6 Å². The first kappa shape index (κ1) is 57.4. The third kappa shape index (κ3) is 16.1. The van der Waals surface area contributed by atoms with Gasteiger partial charge in [-0.15, -0.1) is 0 Å². The fourth-order valence-corrected chi connectivity index (χ4v) is 9.18. The minimum absolute atomic E-state index is 0.0428. The van der Waals surface area contributed by atoms with E-state index in [1.165, 1.54) is 14.0 Å². The lowest BCUT2D eigenvalue weighted by molar-refractivity contribution is -0.235. The van der Waals surface area contributed by atoms with E-state index in [1.807, 2.05) is 93.6 Å².